The fraction of sp³-hybridized carbons (Fsp3) is 0.381. The van der Waals surface area contributed by atoms with Gasteiger partial charge in [0, 0.05) is 38.0 Å². The highest BCUT2D eigenvalue weighted by molar-refractivity contribution is 7.80. The summed E-state index contributed by atoms with van der Waals surface area (Å²) in [5.74, 6) is 0.705. The zero-order valence-electron chi connectivity index (χ0n) is 29.4. The monoisotopic (exact) mass is 708 g/mol. The molecule has 4 aromatic carbocycles. The number of rotatable bonds is 23. The first-order chi connectivity index (χ1) is 24.7. The zero-order valence-corrected chi connectivity index (χ0v) is 31.1. The minimum atomic E-state index is 0.353. The van der Waals surface area contributed by atoms with Crippen molar-refractivity contribution in [2.24, 2.45) is 0 Å². The van der Waals surface area contributed by atoms with Gasteiger partial charge >= 0.3 is 0 Å². The Morgan fingerprint density at radius 2 is 0.640 bits per heavy atom. The molecule has 0 fully saturated rings. The lowest BCUT2D eigenvalue weighted by atomic mass is 9.88. The second-order valence-corrected chi connectivity index (χ2v) is 13.4. The molecule has 0 heterocycles. The van der Waals surface area contributed by atoms with Crippen LogP contribution in [0.15, 0.2) is 121 Å². The molecule has 0 aliphatic carbocycles. The summed E-state index contributed by atoms with van der Waals surface area (Å²) in [5, 5.41) is 22.1. The van der Waals surface area contributed by atoms with Crippen molar-refractivity contribution in [3.63, 3.8) is 0 Å². The fourth-order valence-corrected chi connectivity index (χ4v) is 6.57. The summed E-state index contributed by atoms with van der Waals surface area (Å²) in [4.78, 5) is 0. The van der Waals surface area contributed by atoms with Gasteiger partial charge in [0.25, 0.3) is 0 Å². The van der Waals surface area contributed by atoms with Crippen molar-refractivity contribution in [3.05, 3.63) is 144 Å². The van der Waals surface area contributed by atoms with Crippen LogP contribution in [0.25, 0.3) is 0 Å². The van der Waals surface area contributed by atoms with Gasteiger partial charge in [0.1, 0.15) is 0 Å². The number of hydrogen-bond acceptors (Lipinski definition) is 4. The van der Waals surface area contributed by atoms with Crippen LogP contribution in [0.2, 0.25) is 0 Å². The third kappa shape index (κ3) is 15.4. The van der Waals surface area contributed by atoms with Gasteiger partial charge in [0.2, 0.25) is 0 Å². The molecule has 0 radical (unpaired) electrons. The van der Waals surface area contributed by atoms with Crippen molar-refractivity contribution in [3.8, 4) is 0 Å². The minimum absolute atomic E-state index is 0.353. The molecule has 0 spiro atoms. The number of hydrogen-bond donors (Lipinski definition) is 6. The Morgan fingerprint density at radius 3 is 0.960 bits per heavy atom. The van der Waals surface area contributed by atoms with Crippen LogP contribution in [0.4, 0.5) is 0 Å². The molecule has 0 amide bonds. The minimum Gasteiger partial charge on any atom is -0.363 e. The molecule has 50 heavy (non-hydrogen) atoms. The van der Waals surface area contributed by atoms with Crippen LogP contribution >= 0.6 is 24.4 Å². The van der Waals surface area contributed by atoms with Crippen LogP contribution in [0.5, 0.6) is 0 Å². The lowest BCUT2D eigenvalue weighted by molar-refractivity contribution is 0.563. The van der Waals surface area contributed by atoms with E-state index in [-0.39, 0.29) is 0 Å². The molecular weight excluding hydrogens is 653 g/mol. The molecule has 0 aliphatic heterocycles. The molecule has 0 unspecified atom stereocenters. The van der Waals surface area contributed by atoms with Crippen molar-refractivity contribution in [2.75, 3.05) is 52.4 Å². The van der Waals surface area contributed by atoms with E-state index < -0.39 is 0 Å². The van der Waals surface area contributed by atoms with Gasteiger partial charge < -0.3 is 31.9 Å². The SMILES string of the molecule is S=C(NCCCNCCCCNCCCNC(=S)NCCC(c1ccccc1)c1ccccc1)NCCC(c1ccccc1)c1ccccc1. The average Bonchev–Trinajstić information content (AvgIpc) is 3.16. The van der Waals surface area contributed by atoms with Gasteiger partial charge in [-0.15, -0.1) is 0 Å². The zero-order chi connectivity index (χ0) is 34.9. The smallest absolute Gasteiger partial charge is 0.166 e. The van der Waals surface area contributed by atoms with E-state index in [0.29, 0.717) is 11.8 Å². The van der Waals surface area contributed by atoms with Crippen molar-refractivity contribution in [1.29, 1.82) is 0 Å². The largest absolute Gasteiger partial charge is 0.363 e. The molecule has 6 N–H and O–H groups in total. The quantitative estimate of drug-likeness (QED) is 0.0361. The van der Waals surface area contributed by atoms with Gasteiger partial charge in [-0.05, 0) is 111 Å². The van der Waals surface area contributed by atoms with Crippen LogP contribution < -0.4 is 31.9 Å². The van der Waals surface area contributed by atoms with E-state index in [9.17, 15) is 0 Å². The Labute approximate surface area is 311 Å². The lowest BCUT2D eigenvalue weighted by Crippen LogP contribution is -2.37. The Kier molecular flexibility index (Phi) is 19.0. The fourth-order valence-electron chi connectivity index (χ4n) is 6.16. The summed E-state index contributed by atoms with van der Waals surface area (Å²) in [7, 11) is 0. The van der Waals surface area contributed by atoms with E-state index in [2.05, 4.69) is 153 Å². The molecule has 8 heteroatoms. The number of benzene rings is 4. The molecule has 0 atom stereocenters. The van der Waals surface area contributed by atoms with Crippen LogP contribution in [0.1, 0.15) is 72.6 Å². The van der Waals surface area contributed by atoms with Gasteiger partial charge in [0.05, 0.1) is 0 Å². The first-order valence-electron chi connectivity index (χ1n) is 18.4. The van der Waals surface area contributed by atoms with Gasteiger partial charge in [-0.2, -0.15) is 0 Å². The molecule has 0 bridgehead atoms. The Hall–Kier alpha value is -3.82. The van der Waals surface area contributed by atoms with Crippen LogP contribution in [-0.2, 0) is 0 Å². The van der Waals surface area contributed by atoms with E-state index >= 15 is 0 Å². The van der Waals surface area contributed by atoms with E-state index in [0.717, 1.165) is 88.3 Å². The van der Waals surface area contributed by atoms with Crippen molar-refractivity contribution >= 4 is 34.7 Å². The van der Waals surface area contributed by atoms with E-state index in [4.69, 9.17) is 24.4 Å². The second kappa shape index (κ2) is 24.3. The maximum absolute atomic E-state index is 5.53. The molecule has 266 valence electrons. The highest BCUT2D eigenvalue weighted by Crippen LogP contribution is 2.28. The molecular formula is C42H56N6S2. The summed E-state index contributed by atoms with van der Waals surface area (Å²) >= 11 is 11.1. The van der Waals surface area contributed by atoms with Crippen LogP contribution in [0.3, 0.4) is 0 Å². The van der Waals surface area contributed by atoms with Crippen molar-refractivity contribution in [1.82, 2.24) is 31.9 Å². The summed E-state index contributed by atoms with van der Waals surface area (Å²) in [6.45, 7) is 7.48. The third-order valence-electron chi connectivity index (χ3n) is 8.83. The highest BCUT2D eigenvalue weighted by Gasteiger charge is 2.15. The first-order valence-corrected chi connectivity index (χ1v) is 19.2. The van der Waals surface area contributed by atoms with Gasteiger partial charge in [-0.25, -0.2) is 0 Å². The maximum Gasteiger partial charge on any atom is 0.166 e. The highest BCUT2D eigenvalue weighted by atomic mass is 32.1. The molecule has 0 saturated heterocycles. The summed E-state index contributed by atoms with van der Waals surface area (Å²) in [5.41, 5.74) is 5.36. The molecule has 0 aliphatic rings. The molecule has 0 aromatic heterocycles. The molecule has 4 aromatic rings. The Balaban J connectivity index is 0.928. The van der Waals surface area contributed by atoms with E-state index in [1.54, 1.807) is 0 Å². The number of unbranched alkanes of at least 4 members (excludes halogenated alkanes) is 1. The predicted octanol–water partition coefficient (Wildman–Crippen LogP) is 7.10. The van der Waals surface area contributed by atoms with Crippen molar-refractivity contribution < 1.29 is 0 Å². The third-order valence-corrected chi connectivity index (χ3v) is 9.41. The van der Waals surface area contributed by atoms with Gasteiger partial charge in [-0.3, -0.25) is 0 Å². The average molecular weight is 709 g/mol. The molecule has 0 saturated carbocycles. The van der Waals surface area contributed by atoms with Crippen LogP contribution in [0, 0.1) is 0 Å². The summed E-state index contributed by atoms with van der Waals surface area (Å²) < 4.78 is 0. The van der Waals surface area contributed by atoms with Crippen molar-refractivity contribution in [2.45, 2.75) is 50.4 Å². The lowest BCUT2D eigenvalue weighted by Gasteiger charge is -2.19. The van der Waals surface area contributed by atoms with Gasteiger partial charge in [-0.1, -0.05) is 121 Å². The normalized spacial score (nSPS) is 11.0. The second-order valence-electron chi connectivity index (χ2n) is 12.6. The number of nitrogens with one attached hydrogen (secondary N) is 6. The predicted molar refractivity (Wildman–Crippen MR) is 220 cm³/mol. The maximum atomic E-state index is 5.53. The van der Waals surface area contributed by atoms with E-state index in [1.807, 2.05) is 0 Å². The van der Waals surface area contributed by atoms with E-state index in [1.165, 1.54) is 35.1 Å². The number of thiocarbonyl (C=S) groups is 2. The standard InChI is InChI=1S/C42H56N6S2/c49-41(47-33-25-39(35-17-5-1-6-18-35)36-19-7-2-8-20-36)45-31-15-29-43-27-13-14-28-44-30-16-32-46-42(50)48-34-26-40(37-21-9-3-10-22-37)38-23-11-4-12-24-38/h1-12,17-24,39-40,43-44H,13-16,25-34H2,(H2,45,47,49)(H2,46,48,50). The van der Waals surface area contributed by atoms with Crippen LogP contribution in [-0.4, -0.2) is 62.6 Å². The Morgan fingerprint density at radius 1 is 0.360 bits per heavy atom. The summed E-state index contributed by atoms with van der Waals surface area (Å²) in [6.07, 6.45) is 6.40. The molecule has 6 nitrogen and oxygen atoms in total. The molecule has 4 rings (SSSR count). The Bertz CT molecular complexity index is 1270. The topological polar surface area (TPSA) is 72.2 Å². The summed E-state index contributed by atoms with van der Waals surface area (Å²) in [6, 6.07) is 42.9. The first kappa shape index (κ1) is 39.0. The van der Waals surface area contributed by atoms with Gasteiger partial charge in [0.15, 0.2) is 10.2 Å².